The maximum absolute atomic E-state index is 6.72. The lowest BCUT2D eigenvalue weighted by Gasteiger charge is -2.36. The largest absolute Gasteiger partial charge is 0.123 e. The molecule has 6 unspecified atom stereocenters. The van der Waals surface area contributed by atoms with Gasteiger partial charge in [0.2, 0.25) is 0 Å². The molecule has 0 radical (unpaired) electrons. The van der Waals surface area contributed by atoms with Gasteiger partial charge in [0.1, 0.15) is 0 Å². The molecule has 3 aliphatic rings. The Morgan fingerprint density at radius 1 is 0.857 bits per heavy atom. The summed E-state index contributed by atoms with van der Waals surface area (Å²) in [6.07, 6.45) is 11.3. The molecule has 0 heterocycles. The smallest absolute Gasteiger partial charge is 0.0364 e. The number of hydrogen-bond donors (Lipinski definition) is 0. The van der Waals surface area contributed by atoms with Crippen molar-refractivity contribution >= 4 is 11.6 Å². The molecule has 0 saturated heterocycles. The first-order valence-corrected chi connectivity index (χ1v) is 9.42. The van der Waals surface area contributed by atoms with Gasteiger partial charge in [0, 0.05) is 5.38 Å². The van der Waals surface area contributed by atoms with Crippen LogP contribution in [0.3, 0.4) is 0 Å². The maximum atomic E-state index is 6.72. The SMILES string of the molecule is ClC1CCC(c2ccccc2)CC1CC1CC2CCC1C2. The molecule has 21 heavy (non-hydrogen) atoms. The number of hydrogen-bond acceptors (Lipinski definition) is 0. The van der Waals surface area contributed by atoms with E-state index in [1.54, 1.807) is 5.56 Å². The molecule has 0 nitrogen and oxygen atoms in total. The summed E-state index contributed by atoms with van der Waals surface area (Å²) in [7, 11) is 0. The third kappa shape index (κ3) is 2.89. The molecule has 1 aromatic carbocycles. The van der Waals surface area contributed by atoms with Crippen LogP contribution in [0.5, 0.6) is 0 Å². The molecule has 4 rings (SSSR count). The zero-order valence-electron chi connectivity index (χ0n) is 12.9. The van der Waals surface area contributed by atoms with Crippen molar-refractivity contribution in [2.45, 2.75) is 62.7 Å². The van der Waals surface area contributed by atoms with Gasteiger partial charge < -0.3 is 0 Å². The Morgan fingerprint density at radius 2 is 1.71 bits per heavy atom. The van der Waals surface area contributed by atoms with Crippen molar-refractivity contribution in [2.75, 3.05) is 0 Å². The van der Waals surface area contributed by atoms with Crippen LogP contribution >= 0.6 is 11.6 Å². The van der Waals surface area contributed by atoms with Crippen molar-refractivity contribution in [1.82, 2.24) is 0 Å². The molecule has 0 aromatic heterocycles. The van der Waals surface area contributed by atoms with Crippen LogP contribution in [0.1, 0.15) is 62.8 Å². The van der Waals surface area contributed by atoms with Gasteiger partial charge in [0.15, 0.2) is 0 Å². The number of fused-ring (bicyclic) bond motifs is 2. The van der Waals surface area contributed by atoms with Crippen LogP contribution in [0, 0.1) is 23.7 Å². The van der Waals surface area contributed by atoms with E-state index in [0.717, 1.165) is 29.6 Å². The Kier molecular flexibility index (Phi) is 4.00. The fourth-order valence-electron chi connectivity index (χ4n) is 5.55. The molecular weight excluding hydrogens is 276 g/mol. The van der Waals surface area contributed by atoms with Gasteiger partial charge in [-0.1, -0.05) is 36.8 Å². The van der Waals surface area contributed by atoms with Crippen molar-refractivity contribution < 1.29 is 0 Å². The molecule has 3 fully saturated rings. The van der Waals surface area contributed by atoms with Crippen LogP contribution in [0.25, 0.3) is 0 Å². The van der Waals surface area contributed by atoms with Gasteiger partial charge >= 0.3 is 0 Å². The lowest BCUT2D eigenvalue weighted by atomic mass is 9.72. The molecule has 114 valence electrons. The van der Waals surface area contributed by atoms with Gasteiger partial charge in [0.25, 0.3) is 0 Å². The summed E-state index contributed by atoms with van der Waals surface area (Å²) < 4.78 is 0. The van der Waals surface area contributed by atoms with Gasteiger partial charge in [0.05, 0.1) is 0 Å². The van der Waals surface area contributed by atoms with Crippen molar-refractivity contribution in [1.29, 1.82) is 0 Å². The maximum Gasteiger partial charge on any atom is 0.0364 e. The Hall–Kier alpha value is -0.490. The first-order valence-electron chi connectivity index (χ1n) is 8.98. The molecule has 0 aliphatic heterocycles. The van der Waals surface area contributed by atoms with Gasteiger partial charge in [-0.15, -0.1) is 11.6 Å². The molecule has 3 saturated carbocycles. The zero-order chi connectivity index (χ0) is 14.2. The Morgan fingerprint density at radius 3 is 2.43 bits per heavy atom. The molecule has 1 aromatic rings. The standard InChI is InChI=1S/C20H27Cl/c21-20-9-8-17(15-4-2-1-3-5-15)12-19(20)13-18-11-14-6-7-16(18)10-14/h1-5,14,16-20H,6-13H2. The summed E-state index contributed by atoms with van der Waals surface area (Å²) in [6, 6.07) is 11.1. The van der Waals surface area contributed by atoms with E-state index in [-0.39, 0.29) is 0 Å². The van der Waals surface area contributed by atoms with Gasteiger partial charge in [-0.05, 0) is 80.1 Å². The van der Waals surface area contributed by atoms with E-state index < -0.39 is 0 Å². The average Bonchev–Trinajstić information content (AvgIpc) is 3.13. The summed E-state index contributed by atoms with van der Waals surface area (Å²) in [5.41, 5.74) is 1.54. The lowest BCUT2D eigenvalue weighted by Crippen LogP contribution is -2.28. The van der Waals surface area contributed by atoms with Crippen LogP contribution < -0.4 is 0 Å². The third-order valence-corrected chi connectivity index (χ3v) is 7.23. The Bertz CT molecular complexity index is 468. The van der Waals surface area contributed by atoms with E-state index >= 15 is 0 Å². The van der Waals surface area contributed by atoms with E-state index in [9.17, 15) is 0 Å². The summed E-state index contributed by atoms with van der Waals surface area (Å²) in [4.78, 5) is 0. The second-order valence-corrected chi connectivity index (χ2v) is 8.43. The molecule has 2 bridgehead atoms. The minimum atomic E-state index is 0.434. The van der Waals surface area contributed by atoms with Crippen molar-refractivity contribution in [3.05, 3.63) is 35.9 Å². The summed E-state index contributed by atoms with van der Waals surface area (Å²) in [5, 5.41) is 0.434. The fourth-order valence-corrected chi connectivity index (χ4v) is 5.88. The van der Waals surface area contributed by atoms with Crippen molar-refractivity contribution in [2.24, 2.45) is 23.7 Å². The van der Waals surface area contributed by atoms with Crippen LogP contribution in [0.4, 0.5) is 0 Å². The van der Waals surface area contributed by atoms with Gasteiger partial charge in [-0.2, -0.15) is 0 Å². The monoisotopic (exact) mass is 302 g/mol. The second kappa shape index (κ2) is 5.95. The summed E-state index contributed by atoms with van der Waals surface area (Å²) in [6.45, 7) is 0. The number of alkyl halides is 1. The highest BCUT2D eigenvalue weighted by molar-refractivity contribution is 6.20. The van der Waals surface area contributed by atoms with E-state index in [1.807, 2.05) is 0 Å². The predicted octanol–water partition coefficient (Wildman–Crippen LogP) is 6.00. The average molecular weight is 303 g/mol. The quantitative estimate of drug-likeness (QED) is 0.600. The lowest BCUT2D eigenvalue weighted by molar-refractivity contribution is 0.222. The van der Waals surface area contributed by atoms with E-state index in [1.165, 1.54) is 51.4 Å². The van der Waals surface area contributed by atoms with Gasteiger partial charge in [-0.3, -0.25) is 0 Å². The normalized spacial score (nSPS) is 42.3. The van der Waals surface area contributed by atoms with Crippen LogP contribution in [0.15, 0.2) is 30.3 Å². The molecule has 6 atom stereocenters. The highest BCUT2D eigenvalue weighted by atomic mass is 35.5. The van der Waals surface area contributed by atoms with E-state index in [0.29, 0.717) is 5.38 Å². The van der Waals surface area contributed by atoms with Gasteiger partial charge in [-0.25, -0.2) is 0 Å². The van der Waals surface area contributed by atoms with Crippen LogP contribution in [-0.2, 0) is 0 Å². The summed E-state index contributed by atoms with van der Waals surface area (Å²) in [5.74, 6) is 4.64. The molecule has 3 aliphatic carbocycles. The van der Waals surface area contributed by atoms with E-state index in [2.05, 4.69) is 30.3 Å². The number of benzene rings is 1. The highest BCUT2D eigenvalue weighted by Gasteiger charge is 2.41. The summed E-state index contributed by atoms with van der Waals surface area (Å²) >= 11 is 6.72. The first-order chi connectivity index (χ1) is 10.3. The molecule has 0 spiro atoms. The Balaban J connectivity index is 1.42. The second-order valence-electron chi connectivity index (χ2n) is 7.87. The molecular formula is C20H27Cl. The third-order valence-electron chi connectivity index (χ3n) is 6.65. The molecule has 0 amide bonds. The first kappa shape index (κ1) is 14.1. The van der Waals surface area contributed by atoms with Crippen LogP contribution in [0.2, 0.25) is 0 Å². The number of halogens is 1. The molecule has 0 N–H and O–H groups in total. The predicted molar refractivity (Wildman–Crippen MR) is 89.7 cm³/mol. The minimum absolute atomic E-state index is 0.434. The topological polar surface area (TPSA) is 0 Å². The highest BCUT2D eigenvalue weighted by Crippen LogP contribution is 2.52. The number of rotatable bonds is 3. The fraction of sp³-hybridized carbons (Fsp3) is 0.700. The van der Waals surface area contributed by atoms with Crippen molar-refractivity contribution in [3.8, 4) is 0 Å². The Labute approximate surface area is 134 Å². The molecule has 1 heteroatoms. The van der Waals surface area contributed by atoms with Crippen LogP contribution in [-0.4, -0.2) is 5.38 Å². The van der Waals surface area contributed by atoms with Crippen molar-refractivity contribution in [3.63, 3.8) is 0 Å². The minimum Gasteiger partial charge on any atom is -0.123 e. The van der Waals surface area contributed by atoms with E-state index in [4.69, 9.17) is 11.6 Å². The zero-order valence-corrected chi connectivity index (χ0v) is 13.6.